The molecule has 0 bridgehead atoms. The van der Waals surface area contributed by atoms with Crippen LogP contribution in [0.5, 0.6) is 5.75 Å². The van der Waals surface area contributed by atoms with Gasteiger partial charge in [-0.2, -0.15) is 0 Å². The van der Waals surface area contributed by atoms with Crippen molar-refractivity contribution in [3.05, 3.63) is 53.9 Å². The standard InChI is InChI=1S/C23H26FN5O4/c1-3-18(30)29-9-8-15(13-29)27-22-20(24)17-12-25-23(31)19(17)21(28-22)26-14-4-6-16(7-5-14)33-11-10-32-2/h3-7,15H,1,8-13H2,2H3,(H,25,31)(H2,26,27,28). The molecule has 2 aromatic rings. The van der Waals surface area contributed by atoms with E-state index in [1.807, 2.05) is 0 Å². The molecule has 2 aliphatic heterocycles. The van der Waals surface area contributed by atoms with Crippen molar-refractivity contribution in [2.24, 2.45) is 0 Å². The molecule has 2 aliphatic rings. The van der Waals surface area contributed by atoms with Gasteiger partial charge < -0.3 is 30.3 Å². The summed E-state index contributed by atoms with van der Waals surface area (Å²) in [6.07, 6.45) is 1.92. The first-order chi connectivity index (χ1) is 16.0. The summed E-state index contributed by atoms with van der Waals surface area (Å²) in [7, 11) is 1.60. The van der Waals surface area contributed by atoms with E-state index >= 15 is 4.39 Å². The molecule has 1 unspecified atom stereocenters. The van der Waals surface area contributed by atoms with Crippen LogP contribution in [-0.4, -0.2) is 61.2 Å². The Hall–Kier alpha value is -3.66. The minimum atomic E-state index is -0.565. The van der Waals surface area contributed by atoms with Crippen LogP contribution in [0.3, 0.4) is 0 Å². The lowest BCUT2D eigenvalue weighted by Gasteiger charge is -2.18. The van der Waals surface area contributed by atoms with Crippen molar-refractivity contribution in [2.75, 3.05) is 44.0 Å². The fourth-order valence-corrected chi connectivity index (χ4v) is 3.88. The first kappa shape index (κ1) is 22.5. The molecule has 33 heavy (non-hydrogen) atoms. The van der Waals surface area contributed by atoms with Crippen molar-refractivity contribution in [1.29, 1.82) is 0 Å². The highest BCUT2D eigenvalue weighted by Gasteiger charge is 2.32. The average Bonchev–Trinajstić information content (AvgIpc) is 3.45. The molecule has 2 amide bonds. The Morgan fingerprint density at radius 2 is 2.12 bits per heavy atom. The lowest BCUT2D eigenvalue weighted by Crippen LogP contribution is -2.30. The molecule has 0 radical (unpaired) electrons. The topological polar surface area (TPSA) is 105 Å². The van der Waals surface area contributed by atoms with Gasteiger partial charge in [0.2, 0.25) is 5.91 Å². The van der Waals surface area contributed by atoms with Gasteiger partial charge in [-0.15, -0.1) is 0 Å². The molecule has 10 heteroatoms. The number of fused-ring (bicyclic) bond motifs is 1. The molecule has 0 saturated carbocycles. The number of nitrogens with one attached hydrogen (secondary N) is 3. The molecule has 0 spiro atoms. The van der Waals surface area contributed by atoms with E-state index in [0.717, 1.165) is 0 Å². The number of pyridine rings is 1. The quantitative estimate of drug-likeness (QED) is 0.394. The molecule has 3 heterocycles. The van der Waals surface area contributed by atoms with Gasteiger partial charge in [-0.05, 0) is 36.8 Å². The third-order valence-corrected chi connectivity index (χ3v) is 5.58. The van der Waals surface area contributed by atoms with Crippen molar-refractivity contribution in [2.45, 2.75) is 19.0 Å². The van der Waals surface area contributed by atoms with Gasteiger partial charge in [0.1, 0.15) is 18.2 Å². The Morgan fingerprint density at radius 3 is 2.85 bits per heavy atom. The van der Waals surface area contributed by atoms with Crippen LogP contribution in [0.1, 0.15) is 22.3 Å². The highest BCUT2D eigenvalue weighted by Crippen LogP contribution is 2.32. The Balaban J connectivity index is 1.54. The molecular weight excluding hydrogens is 429 g/mol. The number of carbonyl (C=O) groups excluding carboxylic acids is 2. The summed E-state index contributed by atoms with van der Waals surface area (Å²) in [4.78, 5) is 30.3. The van der Waals surface area contributed by atoms with Crippen molar-refractivity contribution in [3.63, 3.8) is 0 Å². The molecular formula is C23H26FN5O4. The van der Waals surface area contributed by atoms with E-state index in [0.29, 0.717) is 44.2 Å². The van der Waals surface area contributed by atoms with Gasteiger partial charge in [-0.1, -0.05) is 6.58 Å². The number of hydrogen-bond donors (Lipinski definition) is 3. The first-order valence-electron chi connectivity index (χ1n) is 10.7. The van der Waals surface area contributed by atoms with Crippen LogP contribution in [-0.2, 0) is 16.1 Å². The van der Waals surface area contributed by atoms with Crippen molar-refractivity contribution < 1.29 is 23.5 Å². The van der Waals surface area contributed by atoms with Crippen LogP contribution in [0, 0.1) is 5.82 Å². The minimum Gasteiger partial charge on any atom is -0.491 e. The number of methoxy groups -OCH3 is 1. The number of carbonyl (C=O) groups is 2. The van der Waals surface area contributed by atoms with Gasteiger partial charge in [0.25, 0.3) is 5.91 Å². The number of amides is 2. The molecule has 174 valence electrons. The zero-order chi connectivity index (χ0) is 23.4. The number of hydrogen-bond acceptors (Lipinski definition) is 7. The summed E-state index contributed by atoms with van der Waals surface area (Å²) in [5.41, 5.74) is 1.12. The Bertz CT molecular complexity index is 1060. The normalized spacial score (nSPS) is 16.8. The second-order valence-electron chi connectivity index (χ2n) is 7.77. The summed E-state index contributed by atoms with van der Waals surface area (Å²) >= 11 is 0. The van der Waals surface area contributed by atoms with E-state index in [9.17, 15) is 9.59 Å². The molecule has 4 rings (SSSR count). The highest BCUT2D eigenvalue weighted by atomic mass is 19.1. The Morgan fingerprint density at radius 1 is 1.33 bits per heavy atom. The zero-order valence-electron chi connectivity index (χ0n) is 18.3. The van der Waals surface area contributed by atoms with Crippen molar-refractivity contribution >= 4 is 29.1 Å². The maximum atomic E-state index is 15.2. The predicted octanol–water partition coefficient (Wildman–Crippen LogP) is 2.43. The maximum Gasteiger partial charge on any atom is 0.255 e. The van der Waals surface area contributed by atoms with Crippen LogP contribution < -0.4 is 20.7 Å². The largest absolute Gasteiger partial charge is 0.491 e. The summed E-state index contributed by atoms with van der Waals surface area (Å²) in [5.74, 6) is -0.125. The number of benzene rings is 1. The third-order valence-electron chi connectivity index (χ3n) is 5.58. The monoisotopic (exact) mass is 455 g/mol. The van der Waals surface area contributed by atoms with Gasteiger partial charge in [0.05, 0.1) is 12.2 Å². The molecule has 0 aliphatic carbocycles. The lowest BCUT2D eigenvalue weighted by atomic mass is 10.1. The van der Waals surface area contributed by atoms with Crippen molar-refractivity contribution in [1.82, 2.24) is 15.2 Å². The van der Waals surface area contributed by atoms with E-state index < -0.39 is 5.82 Å². The molecule has 1 atom stereocenters. The minimum absolute atomic E-state index is 0.0465. The van der Waals surface area contributed by atoms with Gasteiger partial charge in [-0.3, -0.25) is 9.59 Å². The van der Waals surface area contributed by atoms with E-state index in [4.69, 9.17) is 9.47 Å². The fourth-order valence-electron chi connectivity index (χ4n) is 3.88. The Kier molecular flexibility index (Phi) is 6.74. The number of ether oxygens (including phenoxy) is 2. The number of anilines is 3. The maximum absolute atomic E-state index is 15.2. The van der Waals surface area contributed by atoms with Crippen LogP contribution in [0.2, 0.25) is 0 Å². The number of likely N-dealkylation sites (tertiary alicyclic amines) is 1. The predicted molar refractivity (Wildman–Crippen MR) is 121 cm³/mol. The van der Waals surface area contributed by atoms with E-state index in [2.05, 4.69) is 27.5 Å². The third kappa shape index (κ3) is 4.90. The second-order valence-corrected chi connectivity index (χ2v) is 7.77. The van der Waals surface area contributed by atoms with E-state index in [-0.39, 0.29) is 47.2 Å². The molecule has 9 nitrogen and oxygen atoms in total. The van der Waals surface area contributed by atoms with Gasteiger partial charge in [0, 0.05) is 44.0 Å². The zero-order valence-corrected chi connectivity index (χ0v) is 18.3. The molecule has 1 aromatic carbocycles. The summed E-state index contributed by atoms with van der Waals surface area (Å²) in [6, 6.07) is 6.98. The number of halogens is 1. The smallest absolute Gasteiger partial charge is 0.255 e. The fraction of sp³-hybridized carbons (Fsp3) is 0.348. The highest BCUT2D eigenvalue weighted by molar-refractivity contribution is 6.03. The van der Waals surface area contributed by atoms with Gasteiger partial charge >= 0.3 is 0 Å². The number of rotatable bonds is 9. The molecule has 3 N–H and O–H groups in total. The van der Waals surface area contributed by atoms with E-state index in [1.54, 1.807) is 36.3 Å². The lowest BCUT2D eigenvalue weighted by molar-refractivity contribution is -0.125. The number of nitrogens with zero attached hydrogens (tertiary/aromatic N) is 2. The molecule has 1 saturated heterocycles. The number of aromatic nitrogens is 1. The van der Waals surface area contributed by atoms with Crippen LogP contribution in [0.4, 0.5) is 21.7 Å². The SMILES string of the molecule is C=CC(=O)N1CCC(Nc2nc(Nc3ccc(OCCOC)cc3)c3c(c2F)CNC3=O)C1. The summed E-state index contributed by atoms with van der Waals surface area (Å²) in [6.45, 7) is 5.49. The van der Waals surface area contributed by atoms with Crippen LogP contribution >= 0.6 is 0 Å². The summed E-state index contributed by atoms with van der Waals surface area (Å²) < 4.78 is 25.7. The van der Waals surface area contributed by atoms with Crippen LogP contribution in [0.15, 0.2) is 36.9 Å². The van der Waals surface area contributed by atoms with Crippen molar-refractivity contribution in [3.8, 4) is 5.75 Å². The first-order valence-corrected chi connectivity index (χ1v) is 10.7. The second kappa shape index (κ2) is 9.86. The average molecular weight is 455 g/mol. The van der Waals surface area contributed by atoms with Gasteiger partial charge in [0.15, 0.2) is 11.6 Å². The summed E-state index contributed by atoms with van der Waals surface area (Å²) in [5, 5.41) is 8.88. The van der Waals surface area contributed by atoms with Gasteiger partial charge in [-0.25, -0.2) is 9.37 Å². The molecule has 1 fully saturated rings. The molecule has 1 aromatic heterocycles. The Labute approximate surface area is 191 Å². The van der Waals surface area contributed by atoms with Crippen LogP contribution in [0.25, 0.3) is 0 Å². The van der Waals surface area contributed by atoms with E-state index in [1.165, 1.54) is 6.08 Å².